The van der Waals surface area contributed by atoms with E-state index in [1.807, 2.05) is 0 Å². The van der Waals surface area contributed by atoms with Crippen LogP contribution in [0.15, 0.2) is 0 Å². The molecule has 0 saturated heterocycles. The fourth-order valence-electron chi connectivity index (χ4n) is 0. The molecule has 0 unspecified atom stereocenters. The van der Waals surface area contributed by atoms with Gasteiger partial charge in [-0.05, 0) is 0 Å². The van der Waals surface area contributed by atoms with Gasteiger partial charge in [-0.25, -0.2) is 0 Å². The number of rotatable bonds is 0. The van der Waals surface area contributed by atoms with Crippen LogP contribution in [0.1, 0.15) is 0 Å². The average Bonchev–Trinajstić information content (AvgIpc) is 1.39. The quantitative estimate of drug-likeness (QED) is 0.423. The van der Waals surface area contributed by atoms with Gasteiger partial charge in [-0.1, -0.05) is 0 Å². The minimum atomic E-state index is -0.688. The van der Waals surface area contributed by atoms with Gasteiger partial charge in [0.1, 0.15) is 0 Å². The molecular weight excluding hydrogens is 407 g/mol. The van der Waals surface area contributed by atoms with Crippen LogP contribution in [0.5, 0.6) is 0 Å². The third-order valence-electron chi connectivity index (χ3n) is 0. The largest absolute Gasteiger partial charge is 2.00 e. The van der Waals surface area contributed by atoms with Crippen LogP contribution < -0.4 is 0 Å². The molecule has 0 heterocycles. The zero-order valence-corrected chi connectivity index (χ0v) is 11.1. The first kappa shape index (κ1) is 16.1. The second kappa shape index (κ2) is 24.1. The minimum absolute atomic E-state index is 0. The first-order valence-electron chi connectivity index (χ1n) is 0.730. The summed E-state index contributed by atoms with van der Waals surface area (Å²) in [7, 11) is 0. The molecule has 0 aliphatic heterocycles. The molecule has 0 amide bonds. The summed E-state index contributed by atoms with van der Waals surface area (Å²) in [6.07, 6.45) is 0. The molecule has 47 valence electrons. The van der Waals surface area contributed by atoms with E-state index >= 15 is 0 Å². The van der Waals surface area contributed by atoms with E-state index in [2.05, 4.69) is 27.3 Å². The first-order chi connectivity index (χ1) is 2.83. The van der Waals surface area contributed by atoms with E-state index < -0.39 is 25.1 Å². The van der Waals surface area contributed by atoms with Gasteiger partial charge in [0.2, 0.25) is 0 Å². The smallest absolute Gasteiger partial charge is 2.00 e. The predicted octanol–water partition coefficient (Wildman–Crippen LogP) is -2.30. The van der Waals surface area contributed by atoms with Crippen molar-refractivity contribution in [2.75, 3.05) is 0 Å². The van der Waals surface area contributed by atoms with Gasteiger partial charge in [0.25, 0.3) is 0 Å². The van der Waals surface area contributed by atoms with Crippen LogP contribution in [0.4, 0.5) is 0 Å². The van der Waals surface area contributed by atoms with Crippen molar-refractivity contribution in [1.82, 2.24) is 0 Å². The van der Waals surface area contributed by atoms with Gasteiger partial charge < -0.3 is 0 Å². The van der Waals surface area contributed by atoms with Crippen LogP contribution in [0.2, 0.25) is 0 Å². The van der Waals surface area contributed by atoms with Crippen LogP contribution in [0.3, 0.4) is 0 Å². The van der Waals surface area contributed by atoms with Crippen molar-refractivity contribution in [2.45, 2.75) is 0 Å². The Bertz CT molecular complexity index is 63.7. The summed E-state index contributed by atoms with van der Waals surface area (Å²) in [5.74, 6) is 0. The normalized spacial score (nSPS) is 4.57. The van der Waals surface area contributed by atoms with Crippen molar-refractivity contribution in [3.05, 3.63) is 0 Å². The second-order valence-electron chi connectivity index (χ2n) is 0.149. The van der Waals surface area contributed by atoms with Crippen molar-refractivity contribution in [3.63, 3.8) is 0 Å². The van der Waals surface area contributed by atoms with Gasteiger partial charge in [-0.2, -0.15) is 0 Å². The minimum Gasteiger partial charge on any atom is 2.00 e. The van der Waals surface area contributed by atoms with E-state index in [0.717, 1.165) is 0 Å². The molecule has 0 aromatic heterocycles. The molecule has 0 fully saturated rings. The Morgan fingerprint density at radius 3 is 1.00 bits per heavy atom. The Balaban J connectivity index is -0.0000000400. The molecule has 0 aliphatic rings. The first-order valence-corrected chi connectivity index (χ1v) is 11.8. The predicted molar refractivity (Wildman–Crippen MR) is 27.2 cm³/mol. The Morgan fingerprint density at radius 2 is 1.00 bits per heavy atom. The van der Waals surface area contributed by atoms with Crippen LogP contribution in [0.25, 0.3) is 0 Å². The third-order valence-corrected chi connectivity index (χ3v) is 0. The molecule has 0 aliphatic carbocycles. The summed E-state index contributed by atoms with van der Waals surface area (Å²) >= 11 is 3.31. The summed E-state index contributed by atoms with van der Waals surface area (Å²) in [5, 5.41) is 0. The molecule has 7 heteroatoms. The monoisotopic (exact) mass is 413 g/mol. The Morgan fingerprint density at radius 1 is 1.00 bits per heavy atom. The Kier molecular flexibility index (Phi) is 55.4. The fourth-order valence-corrected chi connectivity index (χ4v) is 0. The van der Waals surface area contributed by atoms with Crippen molar-refractivity contribution in [2.24, 2.45) is 0 Å². The van der Waals surface area contributed by atoms with Crippen LogP contribution in [0, 0.1) is 0 Å². The van der Waals surface area contributed by atoms with E-state index in [-0.39, 0.29) is 16.8 Å². The molecule has 0 aromatic carbocycles. The molecule has 0 spiro atoms. The summed E-state index contributed by atoms with van der Waals surface area (Å²) in [6.45, 7) is 0. The van der Waals surface area contributed by atoms with E-state index in [1.165, 1.54) is 0 Å². The van der Waals surface area contributed by atoms with E-state index in [9.17, 15) is 0 Å². The van der Waals surface area contributed by atoms with E-state index in [0.29, 0.717) is 0 Å². The summed E-state index contributed by atoms with van der Waals surface area (Å²) < 4.78 is 17.9. The van der Waals surface area contributed by atoms with Gasteiger partial charge >= 0.3 is 76.8 Å². The molecule has 0 aromatic rings. The summed E-state index contributed by atoms with van der Waals surface area (Å²) in [6, 6.07) is 0. The molecule has 0 N–H and O–H groups in total. The van der Waals surface area contributed by atoms with Crippen molar-refractivity contribution < 1.29 is 24.4 Å². The van der Waals surface area contributed by atoms with Crippen molar-refractivity contribution in [3.8, 4) is 0 Å². The van der Waals surface area contributed by atoms with Gasteiger partial charge in [-0.15, -0.1) is 0 Å². The molecule has 0 saturated carbocycles. The summed E-state index contributed by atoms with van der Waals surface area (Å²) in [4.78, 5) is 0. The molecule has 0 rings (SSSR count). The van der Waals surface area contributed by atoms with E-state index in [4.69, 9.17) is 7.67 Å². The van der Waals surface area contributed by atoms with Crippen LogP contribution in [-0.2, 0) is 24.4 Å². The zero-order valence-electron chi connectivity index (χ0n) is 2.86. The molecule has 0 bridgehead atoms. The number of hydrogen-bond acceptors (Lipinski definition) is 2. The molecule has 1 radical (unpaired) electrons. The second-order valence-corrected chi connectivity index (χ2v) is 4.02. The van der Waals surface area contributed by atoms with E-state index in [1.54, 1.807) is 0 Å². The van der Waals surface area contributed by atoms with Gasteiger partial charge in [0.15, 0.2) is 0 Å². The maximum atomic E-state index is 8.97. The van der Waals surface area contributed by atoms with Crippen molar-refractivity contribution >= 4 is 52.4 Å². The zero-order chi connectivity index (χ0) is 5.41. The van der Waals surface area contributed by atoms with Gasteiger partial charge in [-0.3, -0.25) is 0 Å². The van der Waals surface area contributed by atoms with Crippen molar-refractivity contribution in [1.29, 1.82) is 0 Å². The standard InChI is InChI=1S/Co.2HOSe2/c;2*1-3-2/h;2*3H/q+2;2*-1. The average molecular weight is 409 g/mol. The number of hydrogen-bond donors (Lipinski definition) is 0. The fraction of sp³-hybridized carbons (Fsp3) is 0. The Hall–Kier alpha value is 2.18. The molecule has 7 heavy (non-hydrogen) atoms. The summed E-state index contributed by atoms with van der Waals surface area (Å²) in [5.41, 5.74) is 0. The Labute approximate surface area is 75.8 Å². The maximum Gasteiger partial charge on any atom is 2.00 e. The molecular formula is H2CoO2Se4. The van der Waals surface area contributed by atoms with Gasteiger partial charge in [0.05, 0.1) is 0 Å². The van der Waals surface area contributed by atoms with Crippen LogP contribution in [-0.4, -0.2) is 52.4 Å². The SMILES string of the molecule is O=[SeH-]=[Se].O=[SeH-]=[Se].[Co+2]. The molecule has 0 atom stereocenters. The third kappa shape index (κ3) is 65.6. The van der Waals surface area contributed by atoms with Crippen LogP contribution >= 0.6 is 0 Å². The topological polar surface area (TPSA) is 34.1 Å². The molecule has 2 nitrogen and oxygen atoms in total. The maximum absolute atomic E-state index is 8.97. The van der Waals surface area contributed by atoms with Gasteiger partial charge in [0, 0.05) is 0 Å².